The van der Waals surface area contributed by atoms with Gasteiger partial charge in [-0.3, -0.25) is 19.6 Å². The minimum atomic E-state index is -4.79. The van der Waals surface area contributed by atoms with Crippen molar-refractivity contribution in [1.29, 1.82) is 0 Å². The summed E-state index contributed by atoms with van der Waals surface area (Å²) < 4.78 is 47.1. The van der Waals surface area contributed by atoms with Gasteiger partial charge in [0.15, 0.2) is 0 Å². The molecule has 0 unspecified atom stereocenters. The van der Waals surface area contributed by atoms with Crippen LogP contribution >= 0.6 is 11.3 Å². The molecule has 0 saturated heterocycles. The van der Waals surface area contributed by atoms with Crippen LogP contribution in [0.1, 0.15) is 27.3 Å². The molecular formula is C20H16F3N3O5S. The van der Waals surface area contributed by atoms with Gasteiger partial charge in [-0.2, -0.15) is 0 Å². The van der Waals surface area contributed by atoms with E-state index in [1.54, 1.807) is 23.8 Å². The molecule has 1 aliphatic heterocycles. The third kappa shape index (κ3) is 5.14. The van der Waals surface area contributed by atoms with Gasteiger partial charge in [-0.15, -0.1) is 24.5 Å². The van der Waals surface area contributed by atoms with Gasteiger partial charge in [0.25, 0.3) is 12.4 Å². The lowest BCUT2D eigenvalue weighted by atomic mass is 9.81. The molecule has 1 atom stereocenters. The van der Waals surface area contributed by atoms with E-state index in [4.69, 9.17) is 14.6 Å². The first-order valence-electron chi connectivity index (χ1n) is 9.02. The van der Waals surface area contributed by atoms with E-state index in [-0.39, 0.29) is 18.1 Å². The number of pyridine rings is 1. The molecule has 0 radical (unpaired) electrons. The molecule has 1 amide bonds. The Labute approximate surface area is 183 Å². The van der Waals surface area contributed by atoms with Crippen LogP contribution in [0.15, 0.2) is 54.3 Å². The van der Waals surface area contributed by atoms with Crippen LogP contribution in [0.3, 0.4) is 0 Å². The molecule has 8 nitrogen and oxygen atoms in total. The lowest BCUT2D eigenvalue weighted by Crippen LogP contribution is -2.50. The molecule has 3 heterocycles. The summed E-state index contributed by atoms with van der Waals surface area (Å²) in [4.78, 5) is 29.9. The topological polar surface area (TPSA) is 111 Å². The van der Waals surface area contributed by atoms with Gasteiger partial charge in [-0.25, -0.2) is 0 Å². The fourth-order valence-corrected chi connectivity index (χ4v) is 3.77. The Morgan fingerprint density at radius 1 is 1.28 bits per heavy atom. The number of carbonyl (C=O) groups excluding carboxylic acids is 1. The Hall–Kier alpha value is -3.67. The number of nitrogens with one attached hydrogen (secondary N) is 1. The normalized spacial score (nSPS) is 17.1. The number of hydrogen-bond acceptors (Lipinski definition) is 7. The average Bonchev–Trinajstić information content (AvgIpc) is 3.29. The highest BCUT2D eigenvalue weighted by Crippen LogP contribution is 2.41. The van der Waals surface area contributed by atoms with Crippen molar-refractivity contribution in [2.24, 2.45) is 0 Å². The number of nitrogens with zero attached hydrogens (tertiary/aromatic N) is 2. The van der Waals surface area contributed by atoms with Crippen molar-refractivity contribution in [2.45, 2.75) is 18.3 Å². The van der Waals surface area contributed by atoms with Gasteiger partial charge >= 0.3 is 6.36 Å². The Morgan fingerprint density at radius 3 is 2.62 bits per heavy atom. The number of alkyl halides is 3. The van der Waals surface area contributed by atoms with Crippen LogP contribution in [0.5, 0.6) is 11.5 Å². The number of carboxylic acid groups (broad SMARTS) is 1. The van der Waals surface area contributed by atoms with Crippen LogP contribution in [0.2, 0.25) is 0 Å². The molecule has 0 spiro atoms. The highest BCUT2D eigenvalue weighted by atomic mass is 32.1. The largest absolute Gasteiger partial charge is 0.573 e. The third-order valence-electron chi connectivity index (χ3n) is 4.47. The number of fused-ring (bicyclic) bond motifs is 1. The van der Waals surface area contributed by atoms with Crippen molar-refractivity contribution < 1.29 is 37.3 Å². The number of thiazole rings is 1. The average molecular weight is 467 g/mol. The number of halogens is 3. The molecule has 0 aliphatic carbocycles. The number of ether oxygens (including phenoxy) is 2. The van der Waals surface area contributed by atoms with E-state index in [1.807, 2.05) is 0 Å². The summed E-state index contributed by atoms with van der Waals surface area (Å²) in [6, 6.07) is 8.83. The minimum Gasteiger partial charge on any atom is -0.491 e. The minimum absolute atomic E-state index is 0.250. The smallest absolute Gasteiger partial charge is 0.491 e. The first kappa shape index (κ1) is 23.0. The van der Waals surface area contributed by atoms with Crippen molar-refractivity contribution in [3.63, 3.8) is 0 Å². The molecule has 2 N–H and O–H groups in total. The molecule has 0 saturated carbocycles. The predicted octanol–water partition coefficient (Wildman–Crippen LogP) is 3.59. The SMILES string of the molecule is O=C(N[C@]1(c2ccc(OC(F)(F)F)cc2)CCOc2cccnc21)c1cncs1.O=CO. The summed E-state index contributed by atoms with van der Waals surface area (Å²) in [6.07, 6.45) is -1.41. The zero-order valence-corrected chi connectivity index (χ0v) is 17.0. The number of carbonyl (C=O) groups is 2. The van der Waals surface area contributed by atoms with E-state index in [0.717, 1.165) is 0 Å². The summed E-state index contributed by atoms with van der Waals surface area (Å²) in [5.74, 6) is -0.209. The molecule has 2 aromatic heterocycles. The fraction of sp³-hybridized carbons (Fsp3) is 0.200. The van der Waals surface area contributed by atoms with Crippen LogP contribution in [-0.4, -0.2) is 40.4 Å². The first-order valence-corrected chi connectivity index (χ1v) is 9.90. The Balaban J connectivity index is 0.000000913. The molecular weight excluding hydrogens is 451 g/mol. The summed E-state index contributed by atoms with van der Waals surface area (Å²) in [5, 5.41) is 9.89. The van der Waals surface area contributed by atoms with Gasteiger partial charge in [0.1, 0.15) is 27.6 Å². The van der Waals surface area contributed by atoms with Crippen LogP contribution in [0, 0.1) is 0 Å². The Bertz CT molecular complexity index is 1060. The monoisotopic (exact) mass is 467 g/mol. The third-order valence-corrected chi connectivity index (χ3v) is 5.25. The van der Waals surface area contributed by atoms with Gasteiger partial charge < -0.3 is 19.9 Å². The molecule has 1 aliphatic rings. The molecule has 1 aromatic carbocycles. The van der Waals surface area contributed by atoms with Crippen molar-refractivity contribution in [2.75, 3.05) is 6.61 Å². The van der Waals surface area contributed by atoms with Crippen molar-refractivity contribution in [3.8, 4) is 11.5 Å². The molecule has 32 heavy (non-hydrogen) atoms. The second kappa shape index (κ2) is 9.64. The maximum Gasteiger partial charge on any atom is 0.573 e. The van der Waals surface area contributed by atoms with E-state index in [2.05, 4.69) is 20.0 Å². The predicted molar refractivity (Wildman–Crippen MR) is 107 cm³/mol. The Morgan fingerprint density at radius 2 is 2.00 bits per heavy atom. The van der Waals surface area contributed by atoms with Gasteiger partial charge in [-0.1, -0.05) is 12.1 Å². The van der Waals surface area contributed by atoms with E-state index < -0.39 is 11.9 Å². The van der Waals surface area contributed by atoms with E-state index in [1.165, 1.54) is 41.8 Å². The fourth-order valence-electron chi connectivity index (χ4n) is 3.26. The number of rotatable bonds is 4. The Kier molecular flexibility index (Phi) is 6.93. The molecule has 0 bridgehead atoms. The second-order valence-electron chi connectivity index (χ2n) is 6.35. The van der Waals surface area contributed by atoms with Gasteiger partial charge in [0.05, 0.1) is 18.3 Å². The van der Waals surface area contributed by atoms with Crippen LogP contribution < -0.4 is 14.8 Å². The summed E-state index contributed by atoms with van der Waals surface area (Å²) in [6.45, 7) is 0.0441. The van der Waals surface area contributed by atoms with Gasteiger partial charge in [0, 0.05) is 12.6 Å². The number of aromatic nitrogens is 2. The first-order chi connectivity index (χ1) is 15.3. The van der Waals surface area contributed by atoms with E-state index in [9.17, 15) is 18.0 Å². The number of benzene rings is 1. The van der Waals surface area contributed by atoms with Crippen molar-refractivity contribution >= 4 is 23.7 Å². The zero-order chi connectivity index (χ0) is 23.2. The highest BCUT2D eigenvalue weighted by Gasteiger charge is 2.43. The quantitative estimate of drug-likeness (QED) is 0.564. The highest BCUT2D eigenvalue weighted by molar-refractivity contribution is 7.11. The van der Waals surface area contributed by atoms with E-state index in [0.29, 0.717) is 34.9 Å². The maximum absolute atomic E-state index is 12.8. The molecule has 168 valence electrons. The van der Waals surface area contributed by atoms with Crippen molar-refractivity contribution in [1.82, 2.24) is 15.3 Å². The standard InChI is InChI=1S/C19H14F3N3O3S.CH2O2/c20-19(21,22)28-13-5-3-12(4-6-13)18(25-17(26)15-10-23-11-29-15)7-9-27-14-2-1-8-24-16(14)18;2-1-3/h1-6,8,10-11H,7,9H2,(H,25,26);1H,(H,2,3)/t18-;/m0./s1. The number of hydrogen-bond donors (Lipinski definition) is 2. The summed E-state index contributed by atoms with van der Waals surface area (Å²) in [7, 11) is 0. The van der Waals surface area contributed by atoms with Crippen LogP contribution in [-0.2, 0) is 10.3 Å². The molecule has 4 rings (SSSR count). The molecule has 12 heteroatoms. The van der Waals surface area contributed by atoms with Gasteiger partial charge in [0.2, 0.25) is 0 Å². The zero-order valence-electron chi connectivity index (χ0n) is 16.2. The lowest BCUT2D eigenvalue weighted by Gasteiger charge is -2.38. The van der Waals surface area contributed by atoms with Crippen molar-refractivity contribution in [3.05, 3.63) is 70.4 Å². The lowest BCUT2D eigenvalue weighted by molar-refractivity contribution is -0.274. The summed E-state index contributed by atoms with van der Waals surface area (Å²) >= 11 is 1.18. The second-order valence-corrected chi connectivity index (χ2v) is 7.24. The summed E-state index contributed by atoms with van der Waals surface area (Å²) in [5.41, 5.74) is 1.51. The van der Waals surface area contributed by atoms with Crippen LogP contribution in [0.25, 0.3) is 0 Å². The molecule has 0 fully saturated rings. The number of amides is 1. The van der Waals surface area contributed by atoms with Crippen LogP contribution in [0.4, 0.5) is 13.2 Å². The molecule has 3 aromatic rings. The van der Waals surface area contributed by atoms with E-state index >= 15 is 0 Å². The maximum atomic E-state index is 12.8. The van der Waals surface area contributed by atoms with Gasteiger partial charge in [-0.05, 0) is 29.8 Å².